The predicted molar refractivity (Wildman–Crippen MR) is 70.8 cm³/mol. The number of benzene rings is 1. The molecule has 3 rings (SSSR count). The van der Waals surface area contributed by atoms with Gasteiger partial charge in [0.15, 0.2) is 0 Å². The lowest BCUT2D eigenvalue weighted by molar-refractivity contribution is 0.107. The molecule has 1 heterocycles. The molecule has 1 aromatic carbocycles. The lowest BCUT2D eigenvalue weighted by atomic mass is 9.87. The molecule has 0 radical (unpaired) electrons. The molecule has 1 saturated heterocycles. The van der Waals surface area contributed by atoms with Crippen molar-refractivity contribution in [1.82, 2.24) is 5.32 Å². The van der Waals surface area contributed by atoms with Crippen LogP contribution in [0.5, 0.6) is 5.75 Å². The van der Waals surface area contributed by atoms with Gasteiger partial charge in [-0.3, -0.25) is 0 Å². The van der Waals surface area contributed by atoms with E-state index in [4.69, 9.17) is 4.74 Å². The van der Waals surface area contributed by atoms with E-state index < -0.39 is 0 Å². The highest BCUT2D eigenvalue weighted by molar-refractivity contribution is 5.38. The van der Waals surface area contributed by atoms with Gasteiger partial charge in [0.05, 0.1) is 6.10 Å². The van der Waals surface area contributed by atoms with Crippen LogP contribution in [0.1, 0.15) is 42.9 Å². The third kappa shape index (κ3) is 2.52. The molecule has 2 aliphatic rings. The minimum atomic E-state index is 0.375. The normalized spacial score (nSPS) is 27.1. The van der Waals surface area contributed by atoms with Crippen molar-refractivity contribution >= 4 is 0 Å². The fraction of sp³-hybridized carbons (Fsp3) is 0.600. The molecular weight excluding hydrogens is 226 g/mol. The Kier molecular flexibility index (Phi) is 3.52. The first-order valence-electron chi connectivity index (χ1n) is 7.00. The van der Waals surface area contributed by atoms with E-state index in [1.807, 2.05) is 6.07 Å². The van der Waals surface area contributed by atoms with Gasteiger partial charge in [-0.25, -0.2) is 0 Å². The van der Waals surface area contributed by atoms with Gasteiger partial charge in [-0.1, -0.05) is 6.07 Å². The van der Waals surface area contributed by atoms with E-state index in [-0.39, 0.29) is 0 Å². The highest BCUT2D eigenvalue weighted by Gasteiger charge is 2.22. The van der Waals surface area contributed by atoms with Gasteiger partial charge >= 0.3 is 0 Å². The Balaban J connectivity index is 1.68. The summed E-state index contributed by atoms with van der Waals surface area (Å²) in [7, 11) is 0. The van der Waals surface area contributed by atoms with Crippen molar-refractivity contribution in [2.75, 3.05) is 13.2 Å². The van der Waals surface area contributed by atoms with Gasteiger partial charge in [-0.2, -0.15) is 0 Å². The van der Waals surface area contributed by atoms with Gasteiger partial charge < -0.3 is 15.2 Å². The minimum absolute atomic E-state index is 0.375. The SMILES string of the molecule is Oc1ccc2c(c1)C(NCC1CCCO1)CCC2. The molecule has 0 spiro atoms. The molecule has 0 aromatic heterocycles. The molecule has 3 heteroatoms. The summed E-state index contributed by atoms with van der Waals surface area (Å²) in [6.45, 7) is 1.84. The zero-order chi connectivity index (χ0) is 12.4. The van der Waals surface area contributed by atoms with Crippen molar-refractivity contribution in [2.24, 2.45) is 0 Å². The fourth-order valence-corrected chi connectivity index (χ4v) is 3.08. The molecule has 2 atom stereocenters. The molecule has 2 N–H and O–H groups in total. The van der Waals surface area contributed by atoms with Crippen molar-refractivity contribution in [3.05, 3.63) is 29.3 Å². The molecular formula is C15H21NO2. The highest BCUT2D eigenvalue weighted by atomic mass is 16.5. The molecule has 2 unspecified atom stereocenters. The summed E-state index contributed by atoms with van der Waals surface area (Å²) in [6.07, 6.45) is 6.26. The zero-order valence-electron chi connectivity index (χ0n) is 10.7. The summed E-state index contributed by atoms with van der Waals surface area (Å²) >= 11 is 0. The smallest absolute Gasteiger partial charge is 0.115 e. The number of aryl methyl sites for hydroxylation is 1. The molecule has 1 aliphatic heterocycles. The third-order valence-corrected chi connectivity index (χ3v) is 4.06. The van der Waals surface area contributed by atoms with E-state index in [0.29, 0.717) is 17.9 Å². The molecule has 1 aromatic rings. The highest BCUT2D eigenvalue weighted by Crippen LogP contribution is 2.32. The number of phenols is 1. The minimum Gasteiger partial charge on any atom is -0.508 e. The summed E-state index contributed by atoms with van der Waals surface area (Å²) in [5.74, 6) is 0.375. The number of nitrogens with one attached hydrogen (secondary N) is 1. The molecule has 0 amide bonds. The predicted octanol–water partition coefficient (Wildman–Crippen LogP) is 2.54. The second-order valence-electron chi connectivity index (χ2n) is 5.37. The van der Waals surface area contributed by atoms with Gasteiger partial charge in [0.1, 0.15) is 5.75 Å². The van der Waals surface area contributed by atoms with Crippen LogP contribution in [-0.2, 0) is 11.2 Å². The Labute approximate surface area is 108 Å². The van der Waals surface area contributed by atoms with E-state index in [1.165, 1.54) is 30.4 Å². The number of phenolic OH excluding ortho intramolecular Hbond substituents is 1. The van der Waals surface area contributed by atoms with Crippen LogP contribution in [0.15, 0.2) is 18.2 Å². The average molecular weight is 247 g/mol. The fourth-order valence-electron chi connectivity index (χ4n) is 3.08. The Morgan fingerprint density at radius 3 is 3.06 bits per heavy atom. The van der Waals surface area contributed by atoms with Gasteiger partial charge in [0.25, 0.3) is 0 Å². The average Bonchev–Trinajstić information content (AvgIpc) is 2.89. The van der Waals surface area contributed by atoms with Gasteiger partial charge in [-0.05, 0) is 55.4 Å². The van der Waals surface area contributed by atoms with Crippen LogP contribution in [0, 0.1) is 0 Å². The molecule has 3 nitrogen and oxygen atoms in total. The third-order valence-electron chi connectivity index (χ3n) is 4.06. The monoisotopic (exact) mass is 247 g/mol. The number of rotatable bonds is 3. The van der Waals surface area contributed by atoms with E-state index in [9.17, 15) is 5.11 Å². The Hall–Kier alpha value is -1.06. The maximum Gasteiger partial charge on any atom is 0.115 e. The van der Waals surface area contributed by atoms with E-state index >= 15 is 0 Å². The van der Waals surface area contributed by atoms with Crippen LogP contribution in [-0.4, -0.2) is 24.4 Å². The molecule has 1 aliphatic carbocycles. The van der Waals surface area contributed by atoms with Crippen LogP contribution in [0.25, 0.3) is 0 Å². The summed E-state index contributed by atoms with van der Waals surface area (Å²) in [4.78, 5) is 0. The van der Waals surface area contributed by atoms with Gasteiger partial charge in [-0.15, -0.1) is 0 Å². The van der Waals surface area contributed by atoms with Crippen LogP contribution < -0.4 is 5.32 Å². The quantitative estimate of drug-likeness (QED) is 0.862. The molecule has 0 bridgehead atoms. The first kappa shape index (κ1) is 12.0. The van der Waals surface area contributed by atoms with Crippen molar-refractivity contribution in [3.63, 3.8) is 0 Å². The summed E-state index contributed by atoms with van der Waals surface area (Å²) < 4.78 is 5.64. The number of hydrogen-bond acceptors (Lipinski definition) is 3. The second kappa shape index (κ2) is 5.29. The molecule has 0 saturated carbocycles. The van der Waals surface area contributed by atoms with Crippen molar-refractivity contribution in [3.8, 4) is 5.75 Å². The second-order valence-corrected chi connectivity index (χ2v) is 5.37. The van der Waals surface area contributed by atoms with E-state index in [2.05, 4.69) is 11.4 Å². The Morgan fingerprint density at radius 2 is 2.22 bits per heavy atom. The van der Waals surface area contributed by atoms with Crippen LogP contribution >= 0.6 is 0 Å². The lowest BCUT2D eigenvalue weighted by Gasteiger charge is -2.27. The van der Waals surface area contributed by atoms with Crippen LogP contribution in [0.4, 0.5) is 0 Å². The Morgan fingerprint density at radius 1 is 1.28 bits per heavy atom. The summed E-state index contributed by atoms with van der Waals surface area (Å²) in [6, 6.07) is 6.15. The molecule has 1 fully saturated rings. The standard InChI is InChI=1S/C15H21NO2/c17-12-7-6-11-3-1-5-15(14(11)9-12)16-10-13-4-2-8-18-13/h6-7,9,13,15-17H,1-5,8,10H2. The first-order chi connectivity index (χ1) is 8.83. The van der Waals surface area contributed by atoms with Gasteiger partial charge in [0.2, 0.25) is 0 Å². The lowest BCUT2D eigenvalue weighted by Crippen LogP contribution is -2.32. The summed E-state index contributed by atoms with van der Waals surface area (Å²) in [5.41, 5.74) is 2.66. The first-order valence-corrected chi connectivity index (χ1v) is 7.00. The molecule has 18 heavy (non-hydrogen) atoms. The van der Waals surface area contributed by atoms with Crippen molar-refractivity contribution < 1.29 is 9.84 Å². The van der Waals surface area contributed by atoms with Crippen molar-refractivity contribution in [2.45, 2.75) is 44.2 Å². The zero-order valence-corrected chi connectivity index (χ0v) is 10.7. The van der Waals surface area contributed by atoms with Crippen LogP contribution in [0.3, 0.4) is 0 Å². The maximum atomic E-state index is 9.63. The topological polar surface area (TPSA) is 41.5 Å². The number of aromatic hydroxyl groups is 1. The largest absolute Gasteiger partial charge is 0.508 e. The summed E-state index contributed by atoms with van der Waals surface area (Å²) in [5, 5.41) is 13.2. The maximum absolute atomic E-state index is 9.63. The Bertz CT molecular complexity index is 413. The van der Waals surface area contributed by atoms with E-state index in [0.717, 1.165) is 26.0 Å². The number of fused-ring (bicyclic) bond motifs is 1. The van der Waals surface area contributed by atoms with Gasteiger partial charge in [0, 0.05) is 19.2 Å². The number of hydrogen-bond donors (Lipinski definition) is 2. The van der Waals surface area contributed by atoms with Crippen LogP contribution in [0.2, 0.25) is 0 Å². The van der Waals surface area contributed by atoms with Crippen molar-refractivity contribution in [1.29, 1.82) is 0 Å². The molecule has 98 valence electrons. The number of ether oxygens (including phenoxy) is 1. The van der Waals surface area contributed by atoms with E-state index in [1.54, 1.807) is 6.07 Å².